The summed E-state index contributed by atoms with van der Waals surface area (Å²) in [6, 6.07) is 0. The molecule has 2 aliphatic carbocycles. The van der Waals surface area contributed by atoms with Gasteiger partial charge >= 0.3 is 35.5 Å². The van der Waals surface area contributed by atoms with Crippen LogP contribution in [0, 0.1) is 35.5 Å². The standard InChI is InChI=1S/C22H32O4.Na.H/c1-3-4-7-15(2)20(23)11-10-18-19-13-16(8-5-6-9-22(25)26)12-17(19)14-21(18)24;;/h8,10-11,15,17-21,23-24H,5-7,9,12-14H2,1-2H3,(H,25,26);;/b11-10+,16-8+;;/t15?,17-,18?,19-,20+,21+;;/m0../s1. The van der Waals surface area contributed by atoms with Gasteiger partial charge < -0.3 is 15.3 Å². The first-order chi connectivity index (χ1) is 12.4. The molecule has 0 aromatic rings. The van der Waals surface area contributed by atoms with Gasteiger partial charge in [0, 0.05) is 18.8 Å². The maximum absolute atomic E-state index is 10.6. The fourth-order valence-corrected chi connectivity index (χ4v) is 4.31. The molecule has 2 fully saturated rings. The summed E-state index contributed by atoms with van der Waals surface area (Å²) in [5.41, 5.74) is 1.41. The Labute approximate surface area is 185 Å². The second-order valence-corrected chi connectivity index (χ2v) is 7.84. The molecular weight excluding hydrogens is 351 g/mol. The van der Waals surface area contributed by atoms with Crippen LogP contribution in [0.4, 0.5) is 0 Å². The van der Waals surface area contributed by atoms with Crippen molar-refractivity contribution in [3.63, 3.8) is 0 Å². The van der Waals surface area contributed by atoms with Crippen LogP contribution in [0.5, 0.6) is 0 Å². The van der Waals surface area contributed by atoms with Crippen molar-refractivity contribution in [3.05, 3.63) is 23.8 Å². The Kier molecular flexibility index (Phi) is 11.0. The van der Waals surface area contributed by atoms with Crippen LogP contribution in [0.2, 0.25) is 0 Å². The van der Waals surface area contributed by atoms with E-state index < -0.39 is 12.1 Å². The van der Waals surface area contributed by atoms with Gasteiger partial charge in [-0.05, 0) is 56.8 Å². The molecule has 2 saturated carbocycles. The first-order valence-electron chi connectivity index (χ1n) is 9.76. The monoisotopic (exact) mass is 384 g/mol. The Morgan fingerprint density at radius 3 is 2.78 bits per heavy atom. The average Bonchev–Trinajstić information content (AvgIpc) is 3.10. The first kappa shape index (κ1) is 24.5. The van der Waals surface area contributed by atoms with E-state index in [1.165, 1.54) is 5.57 Å². The van der Waals surface area contributed by atoms with Gasteiger partial charge in [0.15, 0.2) is 0 Å². The van der Waals surface area contributed by atoms with Crippen molar-refractivity contribution in [2.75, 3.05) is 0 Å². The van der Waals surface area contributed by atoms with Gasteiger partial charge in [0.1, 0.15) is 0 Å². The number of hydrogen-bond donors (Lipinski definition) is 3. The fraction of sp³-hybridized carbons (Fsp3) is 0.682. The zero-order chi connectivity index (χ0) is 19.1. The number of carbonyl (C=O) groups is 1. The predicted molar refractivity (Wildman–Crippen MR) is 109 cm³/mol. The number of rotatable bonds is 8. The first-order valence-corrected chi connectivity index (χ1v) is 9.76. The van der Waals surface area contributed by atoms with E-state index >= 15 is 0 Å². The van der Waals surface area contributed by atoms with E-state index in [1.807, 2.05) is 19.1 Å². The van der Waals surface area contributed by atoms with Crippen LogP contribution >= 0.6 is 0 Å². The fourth-order valence-electron chi connectivity index (χ4n) is 4.31. The van der Waals surface area contributed by atoms with E-state index in [4.69, 9.17) is 5.11 Å². The number of fused-ring (bicyclic) bond motifs is 1. The number of unbranched alkanes of at least 4 members (excludes halogenated alkanes) is 1. The van der Waals surface area contributed by atoms with Crippen molar-refractivity contribution in [3.8, 4) is 11.8 Å². The summed E-state index contributed by atoms with van der Waals surface area (Å²) in [6.45, 7) is 3.79. The van der Waals surface area contributed by atoms with Gasteiger partial charge in [-0.3, -0.25) is 4.79 Å². The molecule has 27 heavy (non-hydrogen) atoms. The molecule has 0 spiro atoms. The van der Waals surface area contributed by atoms with Crippen LogP contribution in [0.25, 0.3) is 0 Å². The topological polar surface area (TPSA) is 77.8 Å². The van der Waals surface area contributed by atoms with Gasteiger partial charge in [-0.25, -0.2) is 0 Å². The number of hydrogen-bond acceptors (Lipinski definition) is 3. The minimum absolute atomic E-state index is 0. The van der Waals surface area contributed by atoms with Crippen LogP contribution < -0.4 is 0 Å². The molecule has 0 heterocycles. The van der Waals surface area contributed by atoms with Gasteiger partial charge in [0.05, 0.1) is 12.2 Å². The van der Waals surface area contributed by atoms with E-state index in [2.05, 4.69) is 17.9 Å². The van der Waals surface area contributed by atoms with Gasteiger partial charge in [-0.1, -0.05) is 30.7 Å². The Bertz CT molecular complexity index is 601. The van der Waals surface area contributed by atoms with Crippen molar-refractivity contribution in [1.29, 1.82) is 0 Å². The summed E-state index contributed by atoms with van der Waals surface area (Å²) < 4.78 is 0. The molecule has 5 heteroatoms. The summed E-state index contributed by atoms with van der Waals surface area (Å²) in [6.07, 6.45) is 10.4. The molecule has 2 unspecified atom stereocenters. The quantitative estimate of drug-likeness (QED) is 0.260. The number of aliphatic hydroxyl groups excluding tert-OH is 2. The molecule has 0 saturated heterocycles. The molecule has 2 aliphatic rings. The molecular formula is C22H33NaO4. The van der Waals surface area contributed by atoms with Gasteiger partial charge in [0.25, 0.3) is 0 Å². The Hall–Kier alpha value is -0.570. The van der Waals surface area contributed by atoms with Crippen LogP contribution in [-0.4, -0.2) is 63.1 Å². The summed E-state index contributed by atoms with van der Waals surface area (Å²) in [4.78, 5) is 10.6. The summed E-state index contributed by atoms with van der Waals surface area (Å²) in [7, 11) is 0. The van der Waals surface area contributed by atoms with E-state index in [1.54, 1.807) is 6.92 Å². The van der Waals surface area contributed by atoms with Crippen molar-refractivity contribution in [2.24, 2.45) is 23.7 Å². The Balaban J connectivity index is 0.00000364. The summed E-state index contributed by atoms with van der Waals surface area (Å²) in [5, 5.41) is 29.4. The van der Waals surface area contributed by atoms with Crippen molar-refractivity contribution in [2.45, 2.75) is 71.0 Å². The number of carboxylic acids is 1. The Morgan fingerprint density at radius 1 is 1.37 bits per heavy atom. The number of aliphatic carboxylic acids is 1. The summed E-state index contributed by atoms with van der Waals surface area (Å²) in [5.74, 6) is 6.25. The normalized spacial score (nSPS) is 30.4. The van der Waals surface area contributed by atoms with Crippen molar-refractivity contribution >= 4 is 35.5 Å². The van der Waals surface area contributed by atoms with Gasteiger partial charge in [-0.2, -0.15) is 0 Å². The molecule has 0 aromatic carbocycles. The van der Waals surface area contributed by atoms with Crippen LogP contribution in [-0.2, 0) is 4.79 Å². The number of carboxylic acid groups (broad SMARTS) is 1. The van der Waals surface area contributed by atoms with Gasteiger partial charge in [-0.15, -0.1) is 11.8 Å². The van der Waals surface area contributed by atoms with E-state index in [0.29, 0.717) is 24.7 Å². The second kappa shape index (κ2) is 12.1. The zero-order valence-corrected chi connectivity index (χ0v) is 15.9. The van der Waals surface area contributed by atoms with Crippen LogP contribution in [0.1, 0.15) is 58.8 Å². The van der Waals surface area contributed by atoms with Crippen molar-refractivity contribution in [1.82, 2.24) is 0 Å². The van der Waals surface area contributed by atoms with Crippen LogP contribution in [0.15, 0.2) is 23.8 Å². The van der Waals surface area contributed by atoms with Gasteiger partial charge in [0.2, 0.25) is 0 Å². The van der Waals surface area contributed by atoms with E-state index in [0.717, 1.165) is 25.7 Å². The number of allylic oxidation sites excluding steroid dienone is 2. The minimum atomic E-state index is -0.738. The summed E-state index contributed by atoms with van der Waals surface area (Å²) >= 11 is 0. The molecule has 146 valence electrons. The van der Waals surface area contributed by atoms with E-state index in [9.17, 15) is 15.0 Å². The van der Waals surface area contributed by atoms with E-state index in [-0.39, 0.29) is 53.9 Å². The molecule has 0 aromatic heterocycles. The third kappa shape index (κ3) is 7.40. The average molecular weight is 384 g/mol. The third-order valence-electron chi connectivity index (χ3n) is 5.85. The predicted octanol–water partition coefficient (Wildman–Crippen LogP) is 2.89. The molecule has 0 bridgehead atoms. The number of aliphatic hydroxyl groups is 2. The maximum atomic E-state index is 10.6. The molecule has 0 radical (unpaired) electrons. The second-order valence-electron chi connectivity index (χ2n) is 7.84. The Morgan fingerprint density at radius 2 is 2.11 bits per heavy atom. The molecule has 4 nitrogen and oxygen atoms in total. The zero-order valence-electron chi connectivity index (χ0n) is 15.9. The van der Waals surface area contributed by atoms with Crippen LogP contribution in [0.3, 0.4) is 0 Å². The molecule has 0 amide bonds. The van der Waals surface area contributed by atoms with Crippen molar-refractivity contribution < 1.29 is 20.1 Å². The third-order valence-corrected chi connectivity index (χ3v) is 5.85. The molecule has 3 N–H and O–H groups in total. The SMILES string of the molecule is CC#CCC(C)[C@H](O)/C=C/C1[C@H](O)C[C@@H]2C/C(=C\CCCC(=O)O)C[C@H]12.[NaH]. The molecule has 0 aliphatic heterocycles. The molecule has 6 atom stereocenters. The molecule has 2 rings (SSSR count).